The van der Waals surface area contributed by atoms with E-state index >= 15 is 0 Å². The topological polar surface area (TPSA) is 32.3 Å². The van der Waals surface area contributed by atoms with E-state index in [9.17, 15) is 4.79 Å². The lowest BCUT2D eigenvalue weighted by molar-refractivity contribution is -0.112. The summed E-state index contributed by atoms with van der Waals surface area (Å²) in [6.07, 6.45) is 5.95. The van der Waals surface area contributed by atoms with Gasteiger partial charge in [-0.05, 0) is 31.5 Å². The fourth-order valence-corrected chi connectivity index (χ4v) is 2.47. The first-order valence-electron chi connectivity index (χ1n) is 6.74. The number of rotatable bonds is 3. The van der Waals surface area contributed by atoms with Gasteiger partial charge >= 0.3 is 0 Å². The molecule has 0 saturated carbocycles. The van der Waals surface area contributed by atoms with Crippen LogP contribution >= 0.6 is 11.6 Å². The van der Waals surface area contributed by atoms with Crippen LogP contribution in [0.1, 0.15) is 26.7 Å². The molecule has 1 aromatic carbocycles. The van der Waals surface area contributed by atoms with Gasteiger partial charge in [0.1, 0.15) is 0 Å². The van der Waals surface area contributed by atoms with Gasteiger partial charge in [-0.15, -0.1) is 0 Å². The van der Waals surface area contributed by atoms with E-state index in [4.69, 9.17) is 11.6 Å². The van der Waals surface area contributed by atoms with Crippen LogP contribution in [0, 0.1) is 0 Å². The van der Waals surface area contributed by atoms with Gasteiger partial charge in [-0.1, -0.05) is 30.7 Å². The minimum Gasteiger partial charge on any atom is -0.346 e. The number of anilines is 2. The molecule has 0 saturated heterocycles. The van der Waals surface area contributed by atoms with Gasteiger partial charge in [-0.3, -0.25) is 4.79 Å². The highest BCUT2D eigenvalue weighted by Gasteiger charge is 2.22. The maximum atomic E-state index is 12.2. The highest BCUT2D eigenvalue weighted by molar-refractivity contribution is 6.31. The maximum Gasteiger partial charge on any atom is 0.253 e. The molecule has 20 heavy (non-hydrogen) atoms. The lowest BCUT2D eigenvalue weighted by Gasteiger charge is -2.23. The summed E-state index contributed by atoms with van der Waals surface area (Å²) in [7, 11) is 1.98. The molecule has 0 unspecified atom stereocenters. The van der Waals surface area contributed by atoms with Crippen molar-refractivity contribution in [1.82, 2.24) is 0 Å². The summed E-state index contributed by atoms with van der Waals surface area (Å²) >= 11 is 6.01. The number of hydrogen-bond acceptors (Lipinski definition) is 2. The quantitative estimate of drug-likeness (QED) is 0.839. The second kappa shape index (κ2) is 6.14. The molecule has 0 bridgehead atoms. The lowest BCUT2D eigenvalue weighted by atomic mass is 10.1. The highest BCUT2D eigenvalue weighted by atomic mass is 35.5. The zero-order valence-electron chi connectivity index (χ0n) is 12.0. The SMILES string of the molecule is CC/C=C\CC1=C(C)C(=O)Nc2cc(Cl)ccc2N1C. The smallest absolute Gasteiger partial charge is 0.253 e. The molecule has 3 nitrogen and oxygen atoms in total. The first kappa shape index (κ1) is 14.7. The van der Waals surface area contributed by atoms with Crippen LogP contribution in [0.3, 0.4) is 0 Å². The Labute approximate surface area is 124 Å². The normalized spacial score (nSPS) is 15.4. The van der Waals surface area contributed by atoms with Crippen LogP contribution in [-0.2, 0) is 4.79 Å². The minimum atomic E-state index is -0.0715. The molecular weight excluding hydrogens is 272 g/mol. The average molecular weight is 291 g/mol. The standard InChI is InChI=1S/C16H19ClN2O/c1-4-5-6-7-14-11(2)16(20)18-13-10-12(17)8-9-15(13)19(14)3/h5-6,8-10H,4,7H2,1-3H3,(H,18,20)/b6-5-. The van der Waals surface area contributed by atoms with Crippen molar-refractivity contribution in [1.29, 1.82) is 0 Å². The largest absolute Gasteiger partial charge is 0.346 e. The summed E-state index contributed by atoms with van der Waals surface area (Å²) in [5.41, 5.74) is 3.45. The van der Waals surface area contributed by atoms with Gasteiger partial charge in [-0.25, -0.2) is 0 Å². The number of carbonyl (C=O) groups is 1. The molecule has 1 aliphatic heterocycles. The van der Waals surface area contributed by atoms with Gasteiger partial charge in [-0.2, -0.15) is 0 Å². The third-order valence-electron chi connectivity index (χ3n) is 3.46. The van der Waals surface area contributed by atoms with Crippen molar-refractivity contribution in [2.24, 2.45) is 0 Å². The number of halogens is 1. The molecule has 0 fully saturated rings. The van der Waals surface area contributed by atoms with Crippen LogP contribution in [0.25, 0.3) is 0 Å². The first-order chi connectivity index (χ1) is 9.54. The van der Waals surface area contributed by atoms with Crippen molar-refractivity contribution in [2.75, 3.05) is 17.3 Å². The summed E-state index contributed by atoms with van der Waals surface area (Å²) in [4.78, 5) is 14.3. The summed E-state index contributed by atoms with van der Waals surface area (Å²) in [5, 5.41) is 3.53. The zero-order valence-corrected chi connectivity index (χ0v) is 12.8. The van der Waals surface area contributed by atoms with Crippen LogP contribution in [0.4, 0.5) is 11.4 Å². The third kappa shape index (κ3) is 2.88. The van der Waals surface area contributed by atoms with Crippen molar-refractivity contribution < 1.29 is 4.79 Å². The number of carbonyl (C=O) groups excluding carboxylic acids is 1. The summed E-state index contributed by atoms with van der Waals surface area (Å²) in [6, 6.07) is 5.55. The van der Waals surface area contributed by atoms with Crippen LogP contribution in [0.2, 0.25) is 5.02 Å². The van der Waals surface area contributed by atoms with Gasteiger partial charge in [0.15, 0.2) is 0 Å². The van der Waals surface area contributed by atoms with E-state index in [1.54, 1.807) is 6.07 Å². The van der Waals surface area contributed by atoms with E-state index in [2.05, 4.69) is 29.3 Å². The number of amides is 1. The highest BCUT2D eigenvalue weighted by Crippen LogP contribution is 2.35. The van der Waals surface area contributed by atoms with Crippen molar-refractivity contribution in [3.05, 3.63) is 46.6 Å². The Bertz CT molecular complexity index is 590. The van der Waals surface area contributed by atoms with E-state index in [-0.39, 0.29) is 5.91 Å². The van der Waals surface area contributed by atoms with E-state index in [0.717, 1.165) is 35.5 Å². The second-order valence-corrected chi connectivity index (χ2v) is 5.27. The fraction of sp³-hybridized carbons (Fsp3) is 0.312. The number of hydrogen-bond donors (Lipinski definition) is 1. The van der Waals surface area contributed by atoms with E-state index in [1.165, 1.54) is 0 Å². The Morgan fingerprint density at radius 2 is 2.10 bits per heavy atom. The van der Waals surface area contributed by atoms with Crippen LogP contribution < -0.4 is 10.2 Å². The number of allylic oxidation sites excluding steroid dienone is 2. The second-order valence-electron chi connectivity index (χ2n) is 4.83. The number of nitrogens with one attached hydrogen (secondary N) is 1. The Kier molecular flexibility index (Phi) is 4.50. The average Bonchev–Trinajstić information content (AvgIpc) is 2.49. The number of fused-ring (bicyclic) bond motifs is 1. The molecule has 1 heterocycles. The summed E-state index contributed by atoms with van der Waals surface area (Å²) in [5.74, 6) is -0.0715. The molecule has 1 amide bonds. The van der Waals surface area contributed by atoms with Crippen molar-refractivity contribution in [3.8, 4) is 0 Å². The molecule has 106 valence electrons. The molecule has 0 aromatic heterocycles. The predicted octanol–water partition coefficient (Wildman–Crippen LogP) is 4.36. The fourth-order valence-electron chi connectivity index (χ4n) is 2.30. The molecule has 0 spiro atoms. The van der Waals surface area contributed by atoms with Gasteiger partial charge in [0.05, 0.1) is 11.4 Å². The summed E-state index contributed by atoms with van der Waals surface area (Å²) < 4.78 is 0. The molecule has 0 aliphatic carbocycles. The third-order valence-corrected chi connectivity index (χ3v) is 3.70. The molecule has 1 aliphatic rings. The van der Waals surface area contributed by atoms with Gasteiger partial charge < -0.3 is 10.2 Å². The Morgan fingerprint density at radius 1 is 1.35 bits per heavy atom. The van der Waals surface area contributed by atoms with Crippen LogP contribution in [0.5, 0.6) is 0 Å². The van der Waals surface area contributed by atoms with Crippen molar-refractivity contribution >= 4 is 28.9 Å². The monoisotopic (exact) mass is 290 g/mol. The Morgan fingerprint density at radius 3 is 2.80 bits per heavy atom. The maximum absolute atomic E-state index is 12.2. The summed E-state index contributed by atoms with van der Waals surface area (Å²) in [6.45, 7) is 3.95. The first-order valence-corrected chi connectivity index (χ1v) is 7.11. The van der Waals surface area contributed by atoms with Crippen LogP contribution in [-0.4, -0.2) is 13.0 Å². The molecule has 2 rings (SSSR count). The molecule has 1 N–H and O–H groups in total. The molecule has 0 atom stereocenters. The van der Waals surface area contributed by atoms with Gasteiger partial charge in [0.2, 0.25) is 0 Å². The van der Waals surface area contributed by atoms with Gasteiger partial charge in [0, 0.05) is 29.8 Å². The Hall–Kier alpha value is -1.74. The Balaban J connectivity index is 2.44. The van der Waals surface area contributed by atoms with Crippen molar-refractivity contribution in [2.45, 2.75) is 26.7 Å². The predicted molar refractivity (Wildman–Crippen MR) is 85.2 cm³/mol. The van der Waals surface area contributed by atoms with Crippen LogP contribution in [0.15, 0.2) is 41.6 Å². The van der Waals surface area contributed by atoms with E-state index in [1.807, 2.05) is 26.1 Å². The van der Waals surface area contributed by atoms with E-state index < -0.39 is 0 Å². The number of nitrogens with zero attached hydrogens (tertiary/aromatic N) is 1. The lowest BCUT2D eigenvalue weighted by Crippen LogP contribution is -2.18. The molecule has 1 aromatic rings. The zero-order chi connectivity index (χ0) is 14.7. The van der Waals surface area contributed by atoms with E-state index in [0.29, 0.717) is 5.02 Å². The van der Waals surface area contributed by atoms with Crippen molar-refractivity contribution in [3.63, 3.8) is 0 Å². The molecular formula is C16H19ClN2O. The number of benzene rings is 1. The molecule has 4 heteroatoms. The minimum absolute atomic E-state index is 0.0715. The van der Waals surface area contributed by atoms with Gasteiger partial charge in [0.25, 0.3) is 5.91 Å². The molecule has 0 radical (unpaired) electrons.